The van der Waals surface area contributed by atoms with Gasteiger partial charge >= 0.3 is 0 Å². The first-order valence-electron chi connectivity index (χ1n) is 11.2. The molecule has 1 aromatic heterocycles. The number of aliphatic hydroxyl groups is 1. The van der Waals surface area contributed by atoms with Gasteiger partial charge < -0.3 is 21.1 Å². The van der Waals surface area contributed by atoms with Crippen molar-refractivity contribution >= 4 is 28.9 Å². The van der Waals surface area contributed by atoms with Crippen molar-refractivity contribution in [2.75, 3.05) is 18.4 Å². The van der Waals surface area contributed by atoms with Crippen LogP contribution in [0.2, 0.25) is 0 Å². The quantitative estimate of drug-likeness (QED) is 0.364. The summed E-state index contributed by atoms with van der Waals surface area (Å²) in [5.74, 6) is 0.915. The maximum Gasteiger partial charge on any atom is 0.227 e. The number of carbonyl (C=O) groups is 1. The zero-order valence-corrected chi connectivity index (χ0v) is 19.3. The number of amides is 1. The molecule has 1 fully saturated rings. The summed E-state index contributed by atoms with van der Waals surface area (Å²) < 4.78 is 0. The number of nitrogens with zero attached hydrogens (tertiary/aromatic N) is 1. The minimum atomic E-state index is -0.965. The van der Waals surface area contributed by atoms with Gasteiger partial charge in [0.2, 0.25) is 5.91 Å². The molecule has 1 atom stereocenters. The molecule has 4 N–H and O–H groups in total. The fourth-order valence-corrected chi connectivity index (χ4v) is 4.58. The molecule has 1 heterocycles. The number of guanidine groups is 1. The first-order valence-corrected chi connectivity index (χ1v) is 12.0. The molecule has 6 nitrogen and oxygen atoms in total. The molecule has 3 rings (SSSR count). The lowest BCUT2D eigenvalue weighted by molar-refractivity contribution is -0.120. The Kier molecular flexibility index (Phi) is 8.49. The van der Waals surface area contributed by atoms with Gasteiger partial charge in [0.1, 0.15) is 5.60 Å². The van der Waals surface area contributed by atoms with E-state index in [-0.39, 0.29) is 11.8 Å². The third-order valence-corrected chi connectivity index (χ3v) is 6.71. The van der Waals surface area contributed by atoms with Crippen molar-refractivity contribution in [1.82, 2.24) is 10.6 Å². The summed E-state index contributed by atoms with van der Waals surface area (Å²) >= 11 is 1.54. The second kappa shape index (κ2) is 11.3. The molecule has 0 spiro atoms. The molecular formula is C24H34N4O2S. The van der Waals surface area contributed by atoms with Gasteiger partial charge in [0, 0.05) is 23.0 Å². The highest BCUT2D eigenvalue weighted by molar-refractivity contribution is 7.10. The minimum absolute atomic E-state index is 0.131. The van der Waals surface area contributed by atoms with E-state index in [0.29, 0.717) is 19.0 Å². The van der Waals surface area contributed by atoms with E-state index in [0.717, 1.165) is 48.4 Å². The molecule has 7 heteroatoms. The van der Waals surface area contributed by atoms with E-state index in [2.05, 4.69) is 20.9 Å². The van der Waals surface area contributed by atoms with Crippen molar-refractivity contribution in [1.29, 1.82) is 0 Å². The van der Waals surface area contributed by atoms with Crippen LogP contribution in [0, 0.1) is 5.92 Å². The Morgan fingerprint density at radius 2 is 2.00 bits per heavy atom. The topological polar surface area (TPSA) is 85.8 Å². The molecule has 1 saturated carbocycles. The molecule has 31 heavy (non-hydrogen) atoms. The molecule has 1 unspecified atom stereocenters. The third kappa shape index (κ3) is 7.08. The Morgan fingerprint density at radius 3 is 2.71 bits per heavy atom. The molecular weight excluding hydrogens is 408 g/mol. The molecule has 1 aromatic carbocycles. The van der Waals surface area contributed by atoms with Crippen molar-refractivity contribution in [3.05, 3.63) is 52.2 Å². The van der Waals surface area contributed by atoms with Crippen LogP contribution in [0.15, 0.2) is 46.8 Å². The van der Waals surface area contributed by atoms with E-state index in [9.17, 15) is 9.90 Å². The van der Waals surface area contributed by atoms with Crippen molar-refractivity contribution in [3.8, 4) is 0 Å². The Balaban J connectivity index is 1.58. The Morgan fingerprint density at radius 1 is 1.19 bits per heavy atom. The number of rotatable bonds is 8. The summed E-state index contributed by atoms with van der Waals surface area (Å²) in [4.78, 5) is 18.1. The average molecular weight is 443 g/mol. The summed E-state index contributed by atoms with van der Waals surface area (Å²) in [5, 5.41) is 22.2. The SMILES string of the molecule is CCNC(=NCc1cccc(NC(=O)C2CCCCC2)c1)NCC(C)(O)c1cccs1. The van der Waals surface area contributed by atoms with Gasteiger partial charge in [-0.1, -0.05) is 37.5 Å². The van der Waals surface area contributed by atoms with Crippen molar-refractivity contribution in [2.24, 2.45) is 10.9 Å². The number of carbonyl (C=O) groups excluding carboxylic acids is 1. The fourth-order valence-electron chi connectivity index (χ4n) is 3.80. The third-order valence-electron chi connectivity index (χ3n) is 5.59. The highest BCUT2D eigenvalue weighted by Crippen LogP contribution is 2.25. The number of hydrogen-bond acceptors (Lipinski definition) is 4. The number of aliphatic imine (C=N–C) groups is 1. The first-order chi connectivity index (χ1) is 15.0. The van der Waals surface area contributed by atoms with Crippen LogP contribution in [0.1, 0.15) is 56.4 Å². The number of nitrogens with one attached hydrogen (secondary N) is 3. The standard InChI is InChI=1S/C24H34N4O2S/c1-3-25-23(27-17-24(2,30)21-13-8-14-31-21)26-16-18-9-7-12-20(15-18)28-22(29)19-10-5-4-6-11-19/h7-9,12-15,19,30H,3-6,10-11,16-17H2,1-2H3,(H,28,29)(H2,25,26,27). The smallest absolute Gasteiger partial charge is 0.227 e. The molecule has 0 bridgehead atoms. The van der Waals surface area contributed by atoms with Crippen LogP contribution in [-0.2, 0) is 16.9 Å². The fraction of sp³-hybridized carbons (Fsp3) is 0.500. The molecule has 0 saturated heterocycles. The number of anilines is 1. The highest BCUT2D eigenvalue weighted by Gasteiger charge is 2.24. The lowest BCUT2D eigenvalue weighted by Crippen LogP contribution is -2.44. The minimum Gasteiger partial charge on any atom is -0.383 e. The van der Waals surface area contributed by atoms with Gasteiger partial charge in [-0.15, -0.1) is 11.3 Å². The lowest BCUT2D eigenvalue weighted by Gasteiger charge is -2.23. The maximum absolute atomic E-state index is 12.5. The largest absolute Gasteiger partial charge is 0.383 e. The Bertz CT molecular complexity index is 858. The van der Waals surface area contributed by atoms with Crippen LogP contribution >= 0.6 is 11.3 Å². The van der Waals surface area contributed by atoms with E-state index in [1.807, 2.05) is 48.7 Å². The zero-order valence-electron chi connectivity index (χ0n) is 18.5. The number of thiophene rings is 1. The highest BCUT2D eigenvalue weighted by atomic mass is 32.1. The van der Waals surface area contributed by atoms with E-state index >= 15 is 0 Å². The van der Waals surface area contributed by atoms with Gasteiger partial charge in [-0.2, -0.15) is 0 Å². The molecule has 1 aliphatic rings. The van der Waals surface area contributed by atoms with E-state index in [1.54, 1.807) is 6.92 Å². The zero-order chi connectivity index (χ0) is 22.1. The number of hydrogen-bond donors (Lipinski definition) is 4. The second-order valence-corrected chi connectivity index (χ2v) is 9.27. The first kappa shape index (κ1) is 23.3. The molecule has 1 amide bonds. The van der Waals surface area contributed by atoms with Crippen LogP contribution in [0.4, 0.5) is 5.69 Å². The normalized spacial score (nSPS) is 17.1. The summed E-state index contributed by atoms with van der Waals surface area (Å²) in [6.45, 7) is 5.37. The van der Waals surface area contributed by atoms with Crippen LogP contribution in [0.25, 0.3) is 0 Å². The summed E-state index contributed by atoms with van der Waals surface area (Å²) in [5.41, 5.74) is 0.874. The van der Waals surface area contributed by atoms with Gasteiger partial charge in [-0.3, -0.25) is 4.79 Å². The van der Waals surface area contributed by atoms with Gasteiger partial charge in [0.05, 0.1) is 13.1 Å². The van der Waals surface area contributed by atoms with Crippen LogP contribution in [0.3, 0.4) is 0 Å². The van der Waals surface area contributed by atoms with Gasteiger partial charge in [0.15, 0.2) is 5.96 Å². The lowest BCUT2D eigenvalue weighted by atomic mass is 9.88. The second-order valence-electron chi connectivity index (χ2n) is 8.32. The molecule has 2 aromatic rings. The Hall–Kier alpha value is -2.38. The summed E-state index contributed by atoms with van der Waals surface area (Å²) in [6, 6.07) is 11.7. The molecule has 168 valence electrons. The predicted octanol–water partition coefficient (Wildman–Crippen LogP) is 4.23. The van der Waals surface area contributed by atoms with Crippen LogP contribution < -0.4 is 16.0 Å². The van der Waals surface area contributed by atoms with Crippen molar-refractivity contribution in [2.45, 2.75) is 58.1 Å². The molecule has 0 radical (unpaired) electrons. The van der Waals surface area contributed by atoms with Gasteiger partial charge in [-0.05, 0) is 55.8 Å². The number of benzene rings is 1. The maximum atomic E-state index is 12.5. The van der Waals surface area contributed by atoms with E-state index < -0.39 is 5.60 Å². The van der Waals surface area contributed by atoms with E-state index in [1.165, 1.54) is 17.8 Å². The average Bonchev–Trinajstić information content (AvgIpc) is 3.33. The van der Waals surface area contributed by atoms with Gasteiger partial charge in [0.25, 0.3) is 0 Å². The van der Waals surface area contributed by atoms with Crippen molar-refractivity contribution in [3.63, 3.8) is 0 Å². The molecule has 0 aliphatic heterocycles. The summed E-state index contributed by atoms with van der Waals surface area (Å²) in [6.07, 6.45) is 5.51. The predicted molar refractivity (Wildman–Crippen MR) is 128 cm³/mol. The molecule has 1 aliphatic carbocycles. The van der Waals surface area contributed by atoms with Gasteiger partial charge in [-0.25, -0.2) is 4.99 Å². The Labute approximate surface area is 189 Å². The van der Waals surface area contributed by atoms with Crippen LogP contribution in [0.5, 0.6) is 0 Å². The van der Waals surface area contributed by atoms with Crippen molar-refractivity contribution < 1.29 is 9.90 Å². The monoisotopic (exact) mass is 442 g/mol. The summed E-state index contributed by atoms with van der Waals surface area (Å²) in [7, 11) is 0. The van der Waals surface area contributed by atoms with E-state index in [4.69, 9.17) is 0 Å². The van der Waals surface area contributed by atoms with Crippen LogP contribution in [-0.4, -0.2) is 30.1 Å².